The van der Waals surface area contributed by atoms with E-state index in [-0.39, 0.29) is 18.5 Å². The quantitative estimate of drug-likeness (QED) is 0.315. The van der Waals surface area contributed by atoms with Crippen LogP contribution in [-0.2, 0) is 30.2 Å². The number of rotatable bonds is 12. The zero-order valence-corrected chi connectivity index (χ0v) is 16.1. The Bertz CT molecular complexity index is 580. The smallest absolute Gasteiger partial charge is 0.313 e. The van der Waals surface area contributed by atoms with Crippen molar-refractivity contribution in [1.29, 1.82) is 0 Å². The fourth-order valence-electron chi connectivity index (χ4n) is 2.78. The molecule has 150 valence electrons. The minimum absolute atomic E-state index is 0.0530. The van der Waals surface area contributed by atoms with Gasteiger partial charge in [0, 0.05) is 6.61 Å². The van der Waals surface area contributed by atoms with Crippen LogP contribution in [0, 0.1) is 0 Å². The number of ether oxygens (including phenoxy) is 4. The molecule has 0 aromatic heterocycles. The number of ketones is 1. The highest BCUT2D eigenvalue weighted by molar-refractivity contribution is 5.94. The van der Waals surface area contributed by atoms with E-state index in [2.05, 4.69) is 6.07 Å². The molecule has 27 heavy (non-hydrogen) atoms. The molecule has 1 aliphatic rings. The summed E-state index contributed by atoms with van der Waals surface area (Å²) in [5.41, 5.74) is 1.17. The highest BCUT2D eigenvalue weighted by Gasteiger charge is 2.13. The monoisotopic (exact) mass is 378 g/mol. The maximum absolute atomic E-state index is 11.2. The number of carbonyl (C=O) groups excluding carboxylic acids is 2. The maximum atomic E-state index is 11.2. The van der Waals surface area contributed by atoms with Crippen molar-refractivity contribution in [1.82, 2.24) is 0 Å². The molecule has 2 rings (SSSR count). The normalized spacial score (nSPS) is 16.7. The first kappa shape index (κ1) is 21.4. The number of esters is 1. The van der Waals surface area contributed by atoms with Crippen LogP contribution in [-0.4, -0.2) is 44.5 Å². The first-order valence-electron chi connectivity index (χ1n) is 9.73. The van der Waals surface area contributed by atoms with E-state index < -0.39 is 5.97 Å². The molecule has 0 radical (unpaired) electrons. The van der Waals surface area contributed by atoms with Crippen molar-refractivity contribution in [2.75, 3.05) is 26.4 Å². The van der Waals surface area contributed by atoms with Crippen LogP contribution < -0.4 is 4.74 Å². The minimum Gasteiger partial charge on any atom is -0.494 e. The van der Waals surface area contributed by atoms with Gasteiger partial charge in [-0.2, -0.15) is 0 Å². The molecular formula is C21H30O6. The molecule has 0 bridgehead atoms. The molecular weight excluding hydrogens is 348 g/mol. The molecule has 0 amide bonds. The Labute approximate surface area is 161 Å². The van der Waals surface area contributed by atoms with Crippen LogP contribution in [0.4, 0.5) is 0 Å². The molecule has 0 saturated carbocycles. The van der Waals surface area contributed by atoms with Gasteiger partial charge in [-0.05, 0) is 63.1 Å². The van der Waals surface area contributed by atoms with Crippen molar-refractivity contribution in [3.05, 3.63) is 29.8 Å². The molecule has 6 nitrogen and oxygen atoms in total. The van der Waals surface area contributed by atoms with Gasteiger partial charge in [0.1, 0.15) is 18.0 Å². The SMILES string of the molecule is CC(=O)CC(=O)OCCCCOc1cccc(CCOC2CCCCO2)c1. The van der Waals surface area contributed by atoms with Gasteiger partial charge in [-0.3, -0.25) is 9.59 Å². The summed E-state index contributed by atoms with van der Waals surface area (Å²) < 4.78 is 22.1. The Balaban J connectivity index is 1.56. The number of benzene rings is 1. The molecule has 1 saturated heterocycles. The average molecular weight is 378 g/mol. The van der Waals surface area contributed by atoms with E-state index in [0.29, 0.717) is 26.2 Å². The van der Waals surface area contributed by atoms with Gasteiger partial charge >= 0.3 is 5.97 Å². The summed E-state index contributed by atoms with van der Waals surface area (Å²) in [6.45, 7) is 3.68. The Hall–Kier alpha value is -1.92. The minimum atomic E-state index is -0.461. The van der Waals surface area contributed by atoms with Gasteiger partial charge in [0.2, 0.25) is 0 Å². The van der Waals surface area contributed by atoms with E-state index in [4.69, 9.17) is 18.9 Å². The summed E-state index contributed by atoms with van der Waals surface area (Å²) in [6.07, 6.45) is 5.38. The van der Waals surface area contributed by atoms with Gasteiger partial charge in [-0.1, -0.05) is 12.1 Å². The zero-order valence-electron chi connectivity index (χ0n) is 16.1. The molecule has 6 heteroatoms. The number of hydrogen-bond donors (Lipinski definition) is 0. The Morgan fingerprint density at radius 3 is 2.78 bits per heavy atom. The van der Waals surface area contributed by atoms with Crippen molar-refractivity contribution in [2.45, 2.75) is 58.2 Å². The standard InChI is InChI=1S/C21H30O6/c1-17(22)15-20(23)25-12-5-4-11-24-19-8-6-7-18(16-19)10-14-27-21-9-2-3-13-26-21/h6-8,16,21H,2-5,9-15H2,1H3. The van der Waals surface area contributed by atoms with Crippen LogP contribution >= 0.6 is 0 Å². The predicted molar refractivity (Wildman–Crippen MR) is 101 cm³/mol. The van der Waals surface area contributed by atoms with Crippen molar-refractivity contribution in [3.63, 3.8) is 0 Å². The van der Waals surface area contributed by atoms with Gasteiger partial charge in [0.05, 0.1) is 19.8 Å². The Kier molecular flexibility index (Phi) is 9.87. The molecule has 1 fully saturated rings. The third-order valence-corrected chi connectivity index (χ3v) is 4.19. The lowest BCUT2D eigenvalue weighted by Gasteiger charge is -2.22. The van der Waals surface area contributed by atoms with E-state index in [9.17, 15) is 9.59 Å². The second kappa shape index (κ2) is 12.5. The predicted octanol–water partition coefficient (Wildman–Crippen LogP) is 3.45. The van der Waals surface area contributed by atoms with E-state index in [1.54, 1.807) is 0 Å². The summed E-state index contributed by atoms with van der Waals surface area (Å²) in [6, 6.07) is 8.00. The first-order chi connectivity index (χ1) is 13.1. The molecule has 1 aliphatic heterocycles. The lowest BCUT2D eigenvalue weighted by molar-refractivity contribution is -0.161. The molecule has 1 aromatic carbocycles. The van der Waals surface area contributed by atoms with Crippen molar-refractivity contribution < 1.29 is 28.5 Å². The van der Waals surface area contributed by atoms with Crippen LogP contribution in [0.15, 0.2) is 24.3 Å². The molecule has 1 heterocycles. The lowest BCUT2D eigenvalue weighted by Crippen LogP contribution is -2.23. The van der Waals surface area contributed by atoms with Crippen molar-refractivity contribution in [2.24, 2.45) is 0 Å². The van der Waals surface area contributed by atoms with E-state index >= 15 is 0 Å². The number of carbonyl (C=O) groups is 2. The topological polar surface area (TPSA) is 71.1 Å². The average Bonchev–Trinajstić information content (AvgIpc) is 2.65. The van der Waals surface area contributed by atoms with Gasteiger partial charge in [0.15, 0.2) is 6.29 Å². The molecule has 1 unspecified atom stereocenters. The fourth-order valence-corrected chi connectivity index (χ4v) is 2.78. The van der Waals surface area contributed by atoms with E-state index in [0.717, 1.165) is 38.0 Å². The summed E-state index contributed by atoms with van der Waals surface area (Å²) >= 11 is 0. The van der Waals surface area contributed by atoms with E-state index in [1.165, 1.54) is 18.9 Å². The van der Waals surface area contributed by atoms with Crippen molar-refractivity contribution in [3.8, 4) is 5.75 Å². The van der Waals surface area contributed by atoms with Gasteiger partial charge < -0.3 is 18.9 Å². The first-order valence-corrected chi connectivity index (χ1v) is 9.73. The van der Waals surface area contributed by atoms with Crippen LogP contribution in [0.3, 0.4) is 0 Å². The molecule has 0 N–H and O–H groups in total. The Morgan fingerprint density at radius 1 is 1.15 bits per heavy atom. The van der Waals surface area contributed by atoms with Gasteiger partial charge in [-0.15, -0.1) is 0 Å². The summed E-state index contributed by atoms with van der Waals surface area (Å²) in [5, 5.41) is 0. The molecule has 0 spiro atoms. The molecule has 1 atom stereocenters. The van der Waals surface area contributed by atoms with Gasteiger partial charge in [-0.25, -0.2) is 0 Å². The highest BCUT2D eigenvalue weighted by Crippen LogP contribution is 2.16. The largest absolute Gasteiger partial charge is 0.494 e. The van der Waals surface area contributed by atoms with Gasteiger partial charge in [0.25, 0.3) is 0 Å². The summed E-state index contributed by atoms with van der Waals surface area (Å²) in [7, 11) is 0. The Morgan fingerprint density at radius 2 is 2.00 bits per heavy atom. The fraction of sp³-hybridized carbons (Fsp3) is 0.619. The molecule has 1 aromatic rings. The van der Waals surface area contributed by atoms with Crippen LogP contribution in [0.2, 0.25) is 0 Å². The third-order valence-electron chi connectivity index (χ3n) is 4.19. The maximum Gasteiger partial charge on any atom is 0.313 e. The summed E-state index contributed by atoms with van der Waals surface area (Å²) in [5.74, 6) is 0.187. The second-order valence-corrected chi connectivity index (χ2v) is 6.72. The highest BCUT2D eigenvalue weighted by atomic mass is 16.7. The third kappa shape index (κ3) is 9.54. The number of Topliss-reactive ketones (excluding diaryl/α,β-unsaturated/α-hetero) is 1. The lowest BCUT2D eigenvalue weighted by atomic mass is 10.1. The number of hydrogen-bond acceptors (Lipinski definition) is 6. The number of unbranched alkanes of at least 4 members (excludes halogenated alkanes) is 1. The van der Waals surface area contributed by atoms with E-state index in [1.807, 2.05) is 18.2 Å². The second-order valence-electron chi connectivity index (χ2n) is 6.72. The van der Waals surface area contributed by atoms with Crippen LogP contribution in [0.1, 0.15) is 51.0 Å². The molecule has 0 aliphatic carbocycles. The zero-order chi connectivity index (χ0) is 19.3. The summed E-state index contributed by atoms with van der Waals surface area (Å²) in [4.78, 5) is 22.0. The van der Waals surface area contributed by atoms with Crippen LogP contribution in [0.5, 0.6) is 5.75 Å². The van der Waals surface area contributed by atoms with Crippen LogP contribution in [0.25, 0.3) is 0 Å². The van der Waals surface area contributed by atoms with Crippen molar-refractivity contribution >= 4 is 11.8 Å².